The molecule has 0 radical (unpaired) electrons. The first-order valence-corrected chi connectivity index (χ1v) is 10.6. The molecule has 1 amide bonds. The van der Waals surface area contributed by atoms with Gasteiger partial charge in [0.15, 0.2) is 11.5 Å². The predicted molar refractivity (Wildman–Crippen MR) is 107 cm³/mol. The Balaban J connectivity index is 0.00000280. The lowest BCUT2D eigenvalue weighted by Crippen LogP contribution is -2.46. The number of sulfonamides is 1. The molecule has 0 bridgehead atoms. The number of fused-ring (bicyclic) bond motifs is 1. The number of amides is 1. The number of benzene rings is 1. The highest BCUT2D eigenvalue weighted by atomic mass is 35.5. The summed E-state index contributed by atoms with van der Waals surface area (Å²) in [5.41, 5.74) is 5.67. The smallest absolute Gasteiger partial charge is 0.241 e. The number of nitrogens with one attached hydrogen (secondary N) is 1. The minimum absolute atomic E-state index is 0. The number of rotatable bonds is 5. The van der Waals surface area contributed by atoms with E-state index in [1.54, 1.807) is 17.9 Å². The summed E-state index contributed by atoms with van der Waals surface area (Å²) in [5.74, 6) is 0.673. The first-order chi connectivity index (χ1) is 12.7. The summed E-state index contributed by atoms with van der Waals surface area (Å²) in [7, 11) is -3.87. The largest absolute Gasteiger partial charge is 0.490 e. The molecule has 3 rings (SSSR count). The molecule has 0 spiro atoms. The first-order valence-electron chi connectivity index (χ1n) is 9.15. The Morgan fingerprint density at radius 2 is 2.00 bits per heavy atom. The van der Waals surface area contributed by atoms with Crippen molar-refractivity contribution >= 4 is 28.3 Å². The van der Waals surface area contributed by atoms with Crippen molar-refractivity contribution in [2.45, 2.75) is 37.6 Å². The fraction of sp³-hybridized carbons (Fsp3) is 0.611. The van der Waals surface area contributed by atoms with E-state index < -0.39 is 16.1 Å². The highest BCUT2D eigenvalue weighted by Gasteiger charge is 2.37. The molecule has 1 aromatic rings. The summed E-state index contributed by atoms with van der Waals surface area (Å²) in [6.07, 6.45) is 1.55. The van der Waals surface area contributed by atoms with Gasteiger partial charge < -0.3 is 20.1 Å². The number of ether oxygens (including phenoxy) is 2. The van der Waals surface area contributed by atoms with Crippen LogP contribution in [-0.4, -0.2) is 58.1 Å². The van der Waals surface area contributed by atoms with Gasteiger partial charge in [-0.3, -0.25) is 4.79 Å². The molecule has 0 aromatic heterocycles. The number of likely N-dealkylation sites (tertiary alicyclic amines) is 1. The van der Waals surface area contributed by atoms with Gasteiger partial charge in [0.2, 0.25) is 15.9 Å². The normalized spacial score (nSPS) is 22.9. The zero-order valence-electron chi connectivity index (χ0n) is 16.1. The van der Waals surface area contributed by atoms with Crippen LogP contribution >= 0.6 is 12.4 Å². The van der Waals surface area contributed by atoms with Crippen LogP contribution in [0, 0.1) is 5.41 Å². The molecule has 2 atom stereocenters. The topological polar surface area (TPSA) is 111 Å². The maximum atomic E-state index is 12.7. The standard InChI is InChI=1S/C18H27N3O5S.ClH/c1-13(17(22)21-7-6-18(2,11-19)12-21)20-27(23,24)14-4-5-15-16(10-14)26-9-3-8-25-15;/h4-5,10,13,20H,3,6-9,11-12,19H2,1-2H3;1H. The second-order valence-corrected chi connectivity index (χ2v) is 9.24. The second kappa shape index (κ2) is 8.86. The maximum Gasteiger partial charge on any atom is 0.241 e. The monoisotopic (exact) mass is 433 g/mol. The quantitative estimate of drug-likeness (QED) is 0.720. The Morgan fingerprint density at radius 3 is 2.64 bits per heavy atom. The molecule has 158 valence electrons. The van der Waals surface area contributed by atoms with E-state index in [4.69, 9.17) is 15.2 Å². The molecule has 3 N–H and O–H groups in total. The average Bonchev–Trinajstić information content (AvgIpc) is 2.88. The van der Waals surface area contributed by atoms with E-state index in [1.165, 1.54) is 12.1 Å². The van der Waals surface area contributed by atoms with Gasteiger partial charge >= 0.3 is 0 Å². The zero-order valence-corrected chi connectivity index (χ0v) is 17.8. The van der Waals surface area contributed by atoms with E-state index in [0.29, 0.717) is 44.3 Å². The molecule has 0 saturated carbocycles. The lowest BCUT2D eigenvalue weighted by molar-refractivity contribution is -0.131. The van der Waals surface area contributed by atoms with Crippen molar-refractivity contribution in [3.63, 3.8) is 0 Å². The predicted octanol–water partition coefficient (Wildman–Crippen LogP) is 1.13. The van der Waals surface area contributed by atoms with Gasteiger partial charge in [-0.25, -0.2) is 8.42 Å². The summed E-state index contributed by atoms with van der Waals surface area (Å²) in [6, 6.07) is 3.59. The first kappa shape index (κ1) is 22.7. The number of carbonyl (C=O) groups excluding carboxylic acids is 1. The molecule has 2 heterocycles. The number of nitrogens with zero attached hydrogens (tertiary/aromatic N) is 1. The van der Waals surface area contributed by atoms with Crippen molar-refractivity contribution in [1.82, 2.24) is 9.62 Å². The van der Waals surface area contributed by atoms with Gasteiger partial charge in [0.05, 0.1) is 24.2 Å². The van der Waals surface area contributed by atoms with Crippen LogP contribution in [0.3, 0.4) is 0 Å². The maximum absolute atomic E-state index is 12.7. The number of halogens is 1. The van der Waals surface area contributed by atoms with Gasteiger partial charge in [0.1, 0.15) is 0 Å². The Labute approximate surface area is 172 Å². The van der Waals surface area contributed by atoms with Crippen molar-refractivity contribution in [3.8, 4) is 11.5 Å². The number of hydrogen-bond acceptors (Lipinski definition) is 6. The van der Waals surface area contributed by atoms with E-state index in [1.807, 2.05) is 6.92 Å². The summed E-state index contributed by atoms with van der Waals surface area (Å²) in [5, 5.41) is 0. The van der Waals surface area contributed by atoms with Crippen molar-refractivity contribution in [2.75, 3.05) is 32.8 Å². The molecular weight excluding hydrogens is 406 g/mol. The van der Waals surface area contributed by atoms with Crippen LogP contribution in [0.1, 0.15) is 26.7 Å². The van der Waals surface area contributed by atoms with Crippen LogP contribution < -0.4 is 19.9 Å². The van der Waals surface area contributed by atoms with Gasteiger partial charge in [-0.15, -0.1) is 12.4 Å². The number of carbonyl (C=O) groups is 1. The molecule has 10 heteroatoms. The zero-order chi connectivity index (χ0) is 19.7. The molecule has 2 aliphatic heterocycles. The lowest BCUT2D eigenvalue weighted by Gasteiger charge is -2.25. The number of nitrogens with two attached hydrogens (primary N) is 1. The fourth-order valence-electron chi connectivity index (χ4n) is 3.31. The lowest BCUT2D eigenvalue weighted by atomic mass is 9.90. The fourth-order valence-corrected chi connectivity index (χ4v) is 4.53. The Kier molecular flexibility index (Phi) is 7.19. The second-order valence-electron chi connectivity index (χ2n) is 7.53. The van der Waals surface area contributed by atoms with Crippen LogP contribution in [-0.2, 0) is 14.8 Å². The van der Waals surface area contributed by atoms with Crippen LogP contribution in [0.2, 0.25) is 0 Å². The highest BCUT2D eigenvalue weighted by Crippen LogP contribution is 2.32. The van der Waals surface area contributed by atoms with E-state index in [2.05, 4.69) is 4.72 Å². The van der Waals surface area contributed by atoms with Crippen molar-refractivity contribution in [1.29, 1.82) is 0 Å². The van der Waals surface area contributed by atoms with Crippen molar-refractivity contribution < 1.29 is 22.7 Å². The molecule has 2 unspecified atom stereocenters. The molecule has 0 aliphatic carbocycles. The minimum atomic E-state index is -3.87. The van der Waals surface area contributed by atoms with Crippen LogP contribution in [0.5, 0.6) is 11.5 Å². The molecule has 8 nitrogen and oxygen atoms in total. The third-order valence-corrected chi connectivity index (χ3v) is 6.63. The summed E-state index contributed by atoms with van der Waals surface area (Å²) < 4.78 is 39.0. The Bertz CT molecular complexity index is 819. The van der Waals surface area contributed by atoms with Gasteiger partial charge in [-0.2, -0.15) is 4.72 Å². The average molecular weight is 434 g/mol. The van der Waals surface area contributed by atoms with E-state index >= 15 is 0 Å². The summed E-state index contributed by atoms with van der Waals surface area (Å²) >= 11 is 0. The van der Waals surface area contributed by atoms with E-state index in [0.717, 1.165) is 12.8 Å². The van der Waals surface area contributed by atoms with Gasteiger partial charge in [-0.1, -0.05) is 6.92 Å². The van der Waals surface area contributed by atoms with Gasteiger partial charge in [-0.05, 0) is 37.4 Å². The van der Waals surface area contributed by atoms with E-state index in [9.17, 15) is 13.2 Å². The third-order valence-electron chi connectivity index (χ3n) is 5.09. The summed E-state index contributed by atoms with van der Waals surface area (Å²) in [6.45, 7) is 6.21. The van der Waals surface area contributed by atoms with Gasteiger partial charge in [0.25, 0.3) is 0 Å². The van der Waals surface area contributed by atoms with Crippen molar-refractivity contribution in [3.05, 3.63) is 18.2 Å². The Hall–Kier alpha value is -1.55. The Morgan fingerprint density at radius 1 is 1.32 bits per heavy atom. The van der Waals surface area contributed by atoms with E-state index in [-0.39, 0.29) is 28.6 Å². The van der Waals surface area contributed by atoms with Gasteiger partial charge in [0, 0.05) is 25.6 Å². The molecule has 1 aromatic carbocycles. The van der Waals surface area contributed by atoms with Crippen LogP contribution in [0.25, 0.3) is 0 Å². The summed E-state index contributed by atoms with van der Waals surface area (Å²) in [4.78, 5) is 14.4. The SMILES string of the molecule is CC(NS(=O)(=O)c1ccc2c(c1)OCCCO2)C(=O)N1CCC(C)(CN)C1.Cl. The van der Waals surface area contributed by atoms with Crippen molar-refractivity contribution in [2.24, 2.45) is 11.1 Å². The number of hydrogen-bond donors (Lipinski definition) is 2. The van der Waals surface area contributed by atoms with Crippen LogP contribution in [0.4, 0.5) is 0 Å². The molecular formula is C18H28ClN3O5S. The molecule has 1 fully saturated rings. The molecule has 1 saturated heterocycles. The minimum Gasteiger partial charge on any atom is -0.490 e. The molecule has 28 heavy (non-hydrogen) atoms. The molecule has 2 aliphatic rings. The van der Waals surface area contributed by atoms with Crippen LogP contribution in [0.15, 0.2) is 23.1 Å². The highest BCUT2D eigenvalue weighted by molar-refractivity contribution is 7.89. The third kappa shape index (κ3) is 4.89.